The monoisotopic (exact) mass is 366 g/mol. The van der Waals surface area contributed by atoms with Gasteiger partial charge in [0.05, 0.1) is 0 Å². The predicted molar refractivity (Wildman–Crippen MR) is 99.7 cm³/mol. The molecule has 1 fully saturated rings. The molecule has 2 N–H and O–H groups in total. The molecule has 0 saturated carbocycles. The van der Waals surface area contributed by atoms with E-state index in [2.05, 4.69) is 27.8 Å². The minimum Gasteiger partial charge on any atom is -0.326 e. The van der Waals surface area contributed by atoms with E-state index in [0.29, 0.717) is 15.9 Å². The zero-order valence-corrected chi connectivity index (χ0v) is 15.1. The summed E-state index contributed by atoms with van der Waals surface area (Å²) in [5.74, 6) is -0.467. The maximum absolute atomic E-state index is 12.1. The lowest BCUT2D eigenvalue weighted by Crippen LogP contribution is -2.28. The molecule has 1 atom stereocenters. The Morgan fingerprint density at radius 2 is 2.08 bits per heavy atom. The van der Waals surface area contributed by atoms with Crippen molar-refractivity contribution >= 4 is 51.7 Å². The average molecular weight is 367 g/mol. The summed E-state index contributed by atoms with van der Waals surface area (Å²) in [6.45, 7) is 3.96. The molecule has 0 radical (unpaired) electrons. The second kappa shape index (κ2) is 8.84. The highest BCUT2D eigenvalue weighted by Crippen LogP contribution is 2.23. The summed E-state index contributed by atoms with van der Waals surface area (Å²) < 4.78 is 0. The first kappa shape index (κ1) is 18.5. The van der Waals surface area contributed by atoms with Gasteiger partial charge in [0.1, 0.15) is 5.25 Å². The van der Waals surface area contributed by atoms with Gasteiger partial charge in [-0.2, -0.15) is 5.10 Å². The number of hydrogen-bond donors (Lipinski definition) is 2. The van der Waals surface area contributed by atoms with Crippen molar-refractivity contribution in [2.24, 2.45) is 10.2 Å². The first-order valence-electron chi connectivity index (χ1n) is 7.62. The van der Waals surface area contributed by atoms with Gasteiger partial charge in [-0.3, -0.25) is 9.59 Å². The summed E-state index contributed by atoms with van der Waals surface area (Å²) in [5.41, 5.74) is 1.55. The molecule has 8 heteroatoms. The fourth-order valence-corrected chi connectivity index (χ4v) is 3.09. The van der Waals surface area contributed by atoms with Crippen molar-refractivity contribution in [3.8, 4) is 0 Å². The zero-order valence-electron chi connectivity index (χ0n) is 13.5. The third kappa shape index (κ3) is 5.65. The molecule has 0 aromatic heterocycles. The lowest BCUT2D eigenvalue weighted by Gasteiger charge is -2.07. The molecule has 1 aromatic rings. The number of thioether (sulfide) groups is 1. The van der Waals surface area contributed by atoms with E-state index in [1.165, 1.54) is 11.8 Å². The van der Waals surface area contributed by atoms with Gasteiger partial charge in [0.15, 0.2) is 5.17 Å². The molecule has 1 aliphatic rings. The second-order valence-electron chi connectivity index (χ2n) is 5.35. The fraction of sp³-hybridized carbons (Fsp3) is 0.375. The van der Waals surface area contributed by atoms with Crippen LogP contribution < -0.4 is 10.6 Å². The summed E-state index contributed by atoms with van der Waals surface area (Å²) in [7, 11) is 0. The van der Waals surface area contributed by atoms with Crippen LogP contribution in [0.2, 0.25) is 5.02 Å². The van der Waals surface area contributed by atoms with Crippen molar-refractivity contribution < 1.29 is 9.59 Å². The van der Waals surface area contributed by atoms with Crippen LogP contribution in [0.4, 0.5) is 5.69 Å². The molecule has 0 spiro atoms. The number of amidine groups is 1. The first-order valence-corrected chi connectivity index (χ1v) is 8.87. The van der Waals surface area contributed by atoms with E-state index in [4.69, 9.17) is 11.6 Å². The van der Waals surface area contributed by atoms with Crippen LogP contribution >= 0.6 is 23.4 Å². The Kier molecular flexibility index (Phi) is 6.81. The van der Waals surface area contributed by atoms with Gasteiger partial charge < -0.3 is 10.6 Å². The number of carbonyl (C=O) groups is 2. The van der Waals surface area contributed by atoms with E-state index >= 15 is 0 Å². The molecule has 1 saturated heterocycles. The van der Waals surface area contributed by atoms with E-state index in [1.54, 1.807) is 24.3 Å². The van der Waals surface area contributed by atoms with Crippen molar-refractivity contribution in [2.75, 3.05) is 5.32 Å². The lowest BCUT2D eigenvalue weighted by molar-refractivity contribution is -0.122. The molecule has 2 rings (SSSR count). The van der Waals surface area contributed by atoms with E-state index in [1.807, 2.05) is 6.92 Å². The number of nitrogens with zero attached hydrogens (tertiary/aromatic N) is 2. The summed E-state index contributed by atoms with van der Waals surface area (Å²) in [4.78, 5) is 24.0. The van der Waals surface area contributed by atoms with Crippen LogP contribution in [0, 0.1) is 0 Å². The summed E-state index contributed by atoms with van der Waals surface area (Å²) in [6.07, 6.45) is 1.92. The van der Waals surface area contributed by atoms with Crippen molar-refractivity contribution in [3.63, 3.8) is 0 Å². The first-order chi connectivity index (χ1) is 11.5. The largest absolute Gasteiger partial charge is 0.326 e. The molecule has 6 nitrogen and oxygen atoms in total. The van der Waals surface area contributed by atoms with Crippen LogP contribution in [-0.4, -0.2) is 27.9 Å². The van der Waals surface area contributed by atoms with Crippen molar-refractivity contribution in [2.45, 2.75) is 38.4 Å². The molecular weight excluding hydrogens is 348 g/mol. The Morgan fingerprint density at radius 3 is 2.75 bits per heavy atom. The molecule has 2 amide bonds. The third-order valence-corrected chi connectivity index (χ3v) is 4.52. The quantitative estimate of drug-likeness (QED) is 0.597. The summed E-state index contributed by atoms with van der Waals surface area (Å²) in [5, 5.41) is 14.0. The highest BCUT2D eigenvalue weighted by Gasteiger charge is 2.32. The Hall–Kier alpha value is -1.86. The van der Waals surface area contributed by atoms with Crippen LogP contribution in [-0.2, 0) is 9.59 Å². The third-order valence-electron chi connectivity index (χ3n) is 3.20. The smallest absolute Gasteiger partial charge is 0.240 e. The van der Waals surface area contributed by atoms with E-state index in [-0.39, 0.29) is 18.2 Å². The van der Waals surface area contributed by atoms with Gasteiger partial charge in [-0.1, -0.05) is 36.7 Å². The Balaban J connectivity index is 1.89. The number of carbonyl (C=O) groups excluding carboxylic acids is 2. The maximum atomic E-state index is 12.1. The number of benzene rings is 1. The van der Waals surface area contributed by atoms with Crippen LogP contribution in [0.15, 0.2) is 34.5 Å². The lowest BCUT2D eigenvalue weighted by atomic mass is 10.2. The number of halogens is 1. The minimum absolute atomic E-state index is 0.0653. The summed E-state index contributed by atoms with van der Waals surface area (Å²) >= 11 is 7.02. The van der Waals surface area contributed by atoms with E-state index < -0.39 is 5.25 Å². The molecule has 128 valence electrons. The molecule has 0 bridgehead atoms. The molecule has 1 aromatic carbocycles. The van der Waals surface area contributed by atoms with E-state index in [0.717, 1.165) is 18.6 Å². The highest BCUT2D eigenvalue weighted by molar-refractivity contribution is 8.15. The normalized spacial score (nSPS) is 19.5. The molecule has 1 heterocycles. The molecule has 24 heavy (non-hydrogen) atoms. The number of anilines is 1. The van der Waals surface area contributed by atoms with E-state index in [9.17, 15) is 9.59 Å². The van der Waals surface area contributed by atoms with Crippen LogP contribution in [0.5, 0.6) is 0 Å². The SMILES string of the molecule is CCC/C(C)=N\N=C1/NC(=O)[C@@H](CC(=O)Nc2ccc(Cl)cc2)S1. The second-order valence-corrected chi connectivity index (χ2v) is 6.97. The van der Waals surface area contributed by atoms with Gasteiger partial charge in [-0.25, -0.2) is 0 Å². The van der Waals surface area contributed by atoms with Gasteiger partial charge in [0, 0.05) is 22.8 Å². The Labute approximate surface area is 150 Å². The number of hydrogen-bond acceptors (Lipinski definition) is 5. The van der Waals surface area contributed by atoms with Crippen molar-refractivity contribution in [3.05, 3.63) is 29.3 Å². The standard InChI is InChI=1S/C16H19ClN4O2S/c1-3-4-10(2)20-21-16-19-15(23)13(24-16)9-14(22)18-12-7-5-11(17)6-8-12/h5-8,13H,3-4,9H2,1-2H3,(H,18,22)(H,19,21,23)/b20-10-/t13-/m1/s1. The zero-order chi connectivity index (χ0) is 17.5. The molecule has 0 unspecified atom stereocenters. The Morgan fingerprint density at radius 1 is 1.38 bits per heavy atom. The number of rotatable bonds is 6. The topological polar surface area (TPSA) is 82.9 Å². The van der Waals surface area contributed by atoms with Crippen LogP contribution in [0.3, 0.4) is 0 Å². The molecule has 0 aliphatic carbocycles. The number of amides is 2. The van der Waals surface area contributed by atoms with Gasteiger partial charge in [0.2, 0.25) is 11.8 Å². The molecule has 1 aliphatic heterocycles. The predicted octanol–water partition coefficient (Wildman–Crippen LogP) is 3.43. The van der Waals surface area contributed by atoms with Gasteiger partial charge in [-0.15, -0.1) is 5.10 Å². The van der Waals surface area contributed by atoms with Gasteiger partial charge in [0.25, 0.3) is 0 Å². The maximum Gasteiger partial charge on any atom is 0.240 e. The van der Waals surface area contributed by atoms with Crippen LogP contribution in [0.1, 0.15) is 33.1 Å². The average Bonchev–Trinajstić information content (AvgIpc) is 2.88. The Bertz CT molecular complexity index is 673. The van der Waals surface area contributed by atoms with Crippen molar-refractivity contribution in [1.82, 2.24) is 5.32 Å². The highest BCUT2D eigenvalue weighted by atomic mass is 35.5. The van der Waals surface area contributed by atoms with Gasteiger partial charge >= 0.3 is 0 Å². The van der Waals surface area contributed by atoms with Crippen molar-refractivity contribution in [1.29, 1.82) is 0 Å². The number of nitrogens with one attached hydrogen (secondary N) is 2. The molecular formula is C16H19ClN4O2S. The summed E-state index contributed by atoms with van der Waals surface area (Å²) in [6, 6.07) is 6.80. The minimum atomic E-state index is -0.502. The van der Waals surface area contributed by atoms with Gasteiger partial charge in [-0.05, 0) is 37.6 Å². The van der Waals surface area contributed by atoms with Crippen LogP contribution in [0.25, 0.3) is 0 Å². The fourth-order valence-electron chi connectivity index (χ4n) is 2.04.